The van der Waals surface area contributed by atoms with E-state index in [0.29, 0.717) is 12.8 Å². The molecule has 0 saturated heterocycles. The first-order valence-electron chi connectivity index (χ1n) is 6.34. The van der Waals surface area contributed by atoms with Crippen LogP contribution >= 0.6 is 0 Å². The Kier molecular flexibility index (Phi) is 4.90. The summed E-state index contributed by atoms with van der Waals surface area (Å²) >= 11 is 0. The Balaban J connectivity index is 1.88. The Morgan fingerprint density at radius 1 is 0.842 bits per heavy atom. The van der Waals surface area contributed by atoms with E-state index in [0.717, 1.165) is 17.1 Å². The number of alkyl halides is 2. The molecular formula is C16H16F2O. The Morgan fingerprint density at radius 2 is 1.47 bits per heavy atom. The number of para-hydroxylation sites is 1. The summed E-state index contributed by atoms with van der Waals surface area (Å²) < 4.78 is 29.7. The number of halogens is 2. The molecule has 0 aliphatic heterocycles. The van der Waals surface area contributed by atoms with Gasteiger partial charge in [0.05, 0.1) is 0 Å². The number of hydrogen-bond donors (Lipinski definition) is 0. The second-order valence-electron chi connectivity index (χ2n) is 4.34. The topological polar surface area (TPSA) is 9.23 Å². The molecular weight excluding hydrogens is 246 g/mol. The fourth-order valence-electron chi connectivity index (χ4n) is 1.81. The summed E-state index contributed by atoms with van der Waals surface area (Å²) in [6, 6.07) is 17.1. The summed E-state index contributed by atoms with van der Waals surface area (Å²) in [6.07, 6.45) is -1.06. The molecule has 2 aromatic rings. The predicted molar refractivity (Wildman–Crippen MR) is 71.9 cm³/mol. The van der Waals surface area contributed by atoms with Gasteiger partial charge in [-0.25, -0.2) is 8.78 Å². The molecule has 0 saturated carbocycles. The lowest BCUT2D eigenvalue weighted by atomic mass is 10.1. The van der Waals surface area contributed by atoms with Crippen LogP contribution in [0.1, 0.15) is 18.4 Å². The van der Waals surface area contributed by atoms with Gasteiger partial charge < -0.3 is 4.74 Å². The van der Waals surface area contributed by atoms with Crippen molar-refractivity contribution in [2.75, 3.05) is 0 Å². The lowest BCUT2D eigenvalue weighted by Gasteiger charge is -2.06. The summed E-state index contributed by atoms with van der Waals surface area (Å²) in [4.78, 5) is 0. The van der Waals surface area contributed by atoms with Crippen molar-refractivity contribution in [2.45, 2.75) is 25.7 Å². The first kappa shape index (κ1) is 13.5. The van der Waals surface area contributed by atoms with Gasteiger partial charge in [-0.05, 0) is 42.7 Å². The zero-order valence-corrected chi connectivity index (χ0v) is 10.6. The molecule has 0 N–H and O–H groups in total. The van der Waals surface area contributed by atoms with Gasteiger partial charge in [-0.3, -0.25) is 0 Å². The van der Waals surface area contributed by atoms with Gasteiger partial charge in [0.15, 0.2) is 0 Å². The van der Waals surface area contributed by atoms with Crippen molar-refractivity contribution in [3.8, 4) is 11.5 Å². The van der Waals surface area contributed by atoms with Gasteiger partial charge in [-0.2, -0.15) is 0 Å². The normalized spacial score (nSPS) is 10.7. The quantitative estimate of drug-likeness (QED) is 0.706. The lowest BCUT2D eigenvalue weighted by molar-refractivity contribution is 0.135. The Bertz CT molecular complexity index is 480. The van der Waals surface area contributed by atoms with Crippen molar-refractivity contribution >= 4 is 0 Å². The minimum Gasteiger partial charge on any atom is -0.457 e. The van der Waals surface area contributed by atoms with Crippen LogP contribution < -0.4 is 4.74 Å². The van der Waals surface area contributed by atoms with Gasteiger partial charge in [-0.1, -0.05) is 30.3 Å². The molecule has 2 aromatic carbocycles. The molecule has 0 spiro atoms. The van der Waals surface area contributed by atoms with Gasteiger partial charge >= 0.3 is 0 Å². The smallest absolute Gasteiger partial charge is 0.238 e. The number of rotatable bonds is 6. The van der Waals surface area contributed by atoms with Crippen molar-refractivity contribution in [3.05, 3.63) is 60.2 Å². The number of hydrogen-bond acceptors (Lipinski definition) is 1. The third kappa shape index (κ3) is 4.70. The van der Waals surface area contributed by atoms with Gasteiger partial charge in [0.1, 0.15) is 11.5 Å². The third-order valence-electron chi connectivity index (χ3n) is 2.79. The highest BCUT2D eigenvalue weighted by molar-refractivity contribution is 5.32. The Morgan fingerprint density at radius 3 is 2.11 bits per heavy atom. The monoisotopic (exact) mass is 262 g/mol. The average molecular weight is 262 g/mol. The Hall–Kier alpha value is -1.90. The molecule has 0 bridgehead atoms. The molecule has 0 radical (unpaired) electrons. The molecule has 0 aliphatic carbocycles. The van der Waals surface area contributed by atoms with E-state index < -0.39 is 6.43 Å². The minimum absolute atomic E-state index is 0.0394. The standard InChI is InChI=1S/C16H16F2O/c17-16(18)8-4-5-13-9-11-15(12-10-13)19-14-6-2-1-3-7-14/h1-3,6-7,9-12,16H,4-5,8H2. The zero-order chi connectivity index (χ0) is 13.5. The van der Waals surface area contributed by atoms with Crippen LogP contribution in [-0.2, 0) is 6.42 Å². The summed E-state index contributed by atoms with van der Waals surface area (Å²) in [5.74, 6) is 1.54. The minimum atomic E-state index is -2.21. The fourth-order valence-corrected chi connectivity index (χ4v) is 1.81. The van der Waals surface area contributed by atoms with Crippen LogP contribution in [0.25, 0.3) is 0 Å². The molecule has 0 aliphatic rings. The molecule has 1 nitrogen and oxygen atoms in total. The molecule has 0 unspecified atom stereocenters. The lowest BCUT2D eigenvalue weighted by Crippen LogP contribution is -1.93. The highest BCUT2D eigenvalue weighted by Crippen LogP contribution is 2.21. The first-order chi connectivity index (χ1) is 9.24. The third-order valence-corrected chi connectivity index (χ3v) is 2.79. The summed E-state index contributed by atoms with van der Waals surface area (Å²) in [5, 5.41) is 0. The molecule has 100 valence electrons. The molecule has 0 atom stereocenters. The van der Waals surface area contributed by atoms with E-state index >= 15 is 0 Å². The van der Waals surface area contributed by atoms with E-state index in [1.165, 1.54) is 0 Å². The van der Waals surface area contributed by atoms with Crippen LogP contribution in [-0.4, -0.2) is 6.43 Å². The molecule has 19 heavy (non-hydrogen) atoms. The molecule has 0 fully saturated rings. The van der Waals surface area contributed by atoms with E-state index in [-0.39, 0.29) is 6.42 Å². The fraction of sp³-hybridized carbons (Fsp3) is 0.250. The van der Waals surface area contributed by atoms with Crippen molar-refractivity contribution in [1.29, 1.82) is 0 Å². The van der Waals surface area contributed by atoms with Crippen molar-refractivity contribution < 1.29 is 13.5 Å². The average Bonchev–Trinajstić information content (AvgIpc) is 2.42. The molecule has 2 rings (SSSR count). The number of benzene rings is 2. The van der Waals surface area contributed by atoms with E-state index in [4.69, 9.17) is 4.74 Å². The molecule has 0 aromatic heterocycles. The van der Waals surface area contributed by atoms with Crippen LogP contribution in [0.4, 0.5) is 8.78 Å². The zero-order valence-electron chi connectivity index (χ0n) is 10.6. The van der Waals surface area contributed by atoms with Crippen LogP contribution in [0.2, 0.25) is 0 Å². The first-order valence-corrected chi connectivity index (χ1v) is 6.34. The predicted octanol–water partition coefficient (Wildman–Crippen LogP) is 5.07. The van der Waals surface area contributed by atoms with Gasteiger partial charge in [0.25, 0.3) is 0 Å². The summed E-state index contributed by atoms with van der Waals surface area (Å²) in [7, 11) is 0. The van der Waals surface area contributed by atoms with E-state index in [9.17, 15) is 8.78 Å². The van der Waals surface area contributed by atoms with Crippen LogP contribution in [0.3, 0.4) is 0 Å². The van der Waals surface area contributed by atoms with E-state index in [1.54, 1.807) is 0 Å². The van der Waals surface area contributed by atoms with Crippen molar-refractivity contribution in [2.24, 2.45) is 0 Å². The maximum absolute atomic E-state index is 12.0. The molecule has 3 heteroatoms. The summed E-state index contributed by atoms with van der Waals surface area (Å²) in [5.41, 5.74) is 1.06. The second-order valence-corrected chi connectivity index (χ2v) is 4.34. The number of aryl methyl sites for hydroxylation is 1. The van der Waals surface area contributed by atoms with Crippen LogP contribution in [0, 0.1) is 0 Å². The SMILES string of the molecule is FC(F)CCCc1ccc(Oc2ccccc2)cc1. The second kappa shape index (κ2) is 6.88. The summed E-state index contributed by atoms with van der Waals surface area (Å²) in [6.45, 7) is 0. The van der Waals surface area contributed by atoms with Gasteiger partial charge in [0.2, 0.25) is 6.43 Å². The highest BCUT2D eigenvalue weighted by Gasteiger charge is 2.02. The van der Waals surface area contributed by atoms with Crippen LogP contribution in [0.5, 0.6) is 11.5 Å². The largest absolute Gasteiger partial charge is 0.457 e. The maximum Gasteiger partial charge on any atom is 0.238 e. The van der Waals surface area contributed by atoms with Crippen molar-refractivity contribution in [1.82, 2.24) is 0 Å². The van der Waals surface area contributed by atoms with Crippen molar-refractivity contribution in [3.63, 3.8) is 0 Å². The van der Waals surface area contributed by atoms with E-state index in [2.05, 4.69) is 0 Å². The maximum atomic E-state index is 12.0. The van der Waals surface area contributed by atoms with Gasteiger partial charge in [0, 0.05) is 6.42 Å². The Labute approximate surface area is 111 Å². The van der Waals surface area contributed by atoms with E-state index in [1.807, 2.05) is 54.6 Å². The molecule has 0 amide bonds. The highest BCUT2D eigenvalue weighted by atomic mass is 19.3. The molecule has 0 heterocycles. The van der Waals surface area contributed by atoms with Crippen LogP contribution in [0.15, 0.2) is 54.6 Å². The number of ether oxygens (including phenoxy) is 1. The van der Waals surface area contributed by atoms with Gasteiger partial charge in [-0.15, -0.1) is 0 Å².